The van der Waals surface area contributed by atoms with Crippen molar-refractivity contribution in [1.29, 1.82) is 0 Å². The standard InChI is InChI=1S/C20H32O2/c1-15(2)19-12-11-17(4)8-5-7-16(3)9-6-10-18(14-21)13-20(19)22/h8-9,13,19-22H,1,5-7,10-12,14H2,2-4H3/b16-9-,17-8+,18-13-/t19-,20+/m1/s1. The smallest absolute Gasteiger partial charge is 0.0789 e. The largest absolute Gasteiger partial charge is 0.392 e. The number of hydrogen-bond acceptors (Lipinski definition) is 2. The van der Waals surface area contributed by atoms with E-state index >= 15 is 0 Å². The Labute approximate surface area is 135 Å². The lowest BCUT2D eigenvalue weighted by molar-refractivity contribution is 0.163. The molecule has 0 aliphatic heterocycles. The van der Waals surface area contributed by atoms with Crippen LogP contribution in [0.4, 0.5) is 0 Å². The maximum atomic E-state index is 10.5. The van der Waals surface area contributed by atoms with Gasteiger partial charge in [-0.2, -0.15) is 0 Å². The molecule has 0 heterocycles. The second kappa shape index (κ2) is 9.81. The second-order valence-electron chi connectivity index (χ2n) is 6.64. The van der Waals surface area contributed by atoms with Gasteiger partial charge < -0.3 is 10.2 Å². The molecule has 124 valence electrons. The summed E-state index contributed by atoms with van der Waals surface area (Å²) in [7, 11) is 0. The lowest BCUT2D eigenvalue weighted by Gasteiger charge is -2.22. The van der Waals surface area contributed by atoms with E-state index in [1.54, 1.807) is 0 Å². The molecule has 0 spiro atoms. The summed E-state index contributed by atoms with van der Waals surface area (Å²) >= 11 is 0. The number of rotatable bonds is 2. The van der Waals surface area contributed by atoms with Gasteiger partial charge in [-0.1, -0.05) is 41.5 Å². The van der Waals surface area contributed by atoms with Crippen molar-refractivity contribution < 1.29 is 10.2 Å². The summed E-state index contributed by atoms with van der Waals surface area (Å²) in [6.07, 6.45) is 11.7. The molecule has 0 saturated heterocycles. The quantitative estimate of drug-likeness (QED) is 0.726. The van der Waals surface area contributed by atoms with Crippen molar-refractivity contribution in [2.75, 3.05) is 6.61 Å². The molecular formula is C20H32O2. The Morgan fingerprint density at radius 3 is 2.32 bits per heavy atom. The van der Waals surface area contributed by atoms with Gasteiger partial charge in [0.15, 0.2) is 0 Å². The minimum Gasteiger partial charge on any atom is -0.392 e. The maximum Gasteiger partial charge on any atom is 0.0789 e. The zero-order chi connectivity index (χ0) is 16.5. The monoisotopic (exact) mass is 304 g/mol. The van der Waals surface area contributed by atoms with Crippen LogP contribution in [0.25, 0.3) is 0 Å². The SMILES string of the molecule is C=C(C)[C@H]1CC/C(C)=C/CC/C(C)=C\CC/C(CO)=C/[C@@H]1O. The number of allylic oxidation sites excluding steroid dienone is 4. The minimum absolute atomic E-state index is 0.0196. The van der Waals surface area contributed by atoms with Crippen molar-refractivity contribution in [3.8, 4) is 0 Å². The van der Waals surface area contributed by atoms with Gasteiger partial charge in [0.1, 0.15) is 0 Å². The molecule has 2 N–H and O–H groups in total. The molecule has 1 aliphatic carbocycles. The third-order valence-corrected chi connectivity index (χ3v) is 4.49. The third-order valence-electron chi connectivity index (χ3n) is 4.49. The maximum absolute atomic E-state index is 10.5. The molecule has 0 aromatic rings. The molecule has 0 aromatic heterocycles. The van der Waals surface area contributed by atoms with Gasteiger partial charge in [-0.3, -0.25) is 0 Å². The van der Waals surface area contributed by atoms with Gasteiger partial charge in [-0.25, -0.2) is 0 Å². The Morgan fingerprint density at radius 2 is 1.73 bits per heavy atom. The highest BCUT2D eigenvalue weighted by Gasteiger charge is 2.18. The second-order valence-corrected chi connectivity index (χ2v) is 6.64. The molecule has 0 fully saturated rings. The molecule has 1 aliphatic rings. The normalized spacial score (nSPS) is 32.7. The van der Waals surface area contributed by atoms with E-state index in [4.69, 9.17) is 0 Å². The predicted octanol–water partition coefficient (Wildman–Crippen LogP) is 4.71. The van der Waals surface area contributed by atoms with Crippen LogP contribution in [0.3, 0.4) is 0 Å². The molecule has 2 nitrogen and oxygen atoms in total. The zero-order valence-electron chi connectivity index (χ0n) is 14.4. The third kappa shape index (κ3) is 6.76. The summed E-state index contributed by atoms with van der Waals surface area (Å²) in [5, 5.41) is 20.0. The fraction of sp³-hybridized carbons (Fsp3) is 0.600. The van der Waals surface area contributed by atoms with Crippen LogP contribution in [-0.2, 0) is 0 Å². The first-order valence-corrected chi connectivity index (χ1v) is 8.39. The average molecular weight is 304 g/mol. The van der Waals surface area contributed by atoms with Gasteiger partial charge in [-0.15, -0.1) is 0 Å². The van der Waals surface area contributed by atoms with Crippen molar-refractivity contribution >= 4 is 0 Å². The van der Waals surface area contributed by atoms with Gasteiger partial charge in [0.05, 0.1) is 12.7 Å². The molecule has 0 bridgehead atoms. The highest BCUT2D eigenvalue weighted by molar-refractivity contribution is 5.14. The Morgan fingerprint density at radius 1 is 1.14 bits per heavy atom. The number of aliphatic hydroxyl groups is 2. The molecule has 0 saturated carbocycles. The molecule has 0 unspecified atom stereocenters. The highest BCUT2D eigenvalue weighted by Crippen LogP contribution is 2.25. The molecule has 0 radical (unpaired) electrons. The first-order valence-electron chi connectivity index (χ1n) is 8.39. The van der Waals surface area contributed by atoms with Gasteiger partial charge in [-0.05, 0) is 64.9 Å². The van der Waals surface area contributed by atoms with Crippen LogP contribution in [0.5, 0.6) is 0 Å². The van der Waals surface area contributed by atoms with Crippen LogP contribution in [0.1, 0.15) is 59.3 Å². The van der Waals surface area contributed by atoms with Crippen LogP contribution in [0, 0.1) is 5.92 Å². The lowest BCUT2D eigenvalue weighted by atomic mass is 9.87. The predicted molar refractivity (Wildman–Crippen MR) is 94.7 cm³/mol. The van der Waals surface area contributed by atoms with Crippen molar-refractivity contribution in [2.24, 2.45) is 5.92 Å². The Kier molecular flexibility index (Phi) is 8.44. The zero-order valence-corrected chi connectivity index (χ0v) is 14.4. The summed E-state index contributed by atoms with van der Waals surface area (Å²) in [5.74, 6) is 0.0603. The van der Waals surface area contributed by atoms with Crippen molar-refractivity contribution in [2.45, 2.75) is 65.4 Å². The summed E-state index contributed by atoms with van der Waals surface area (Å²) in [6, 6.07) is 0. The fourth-order valence-corrected chi connectivity index (χ4v) is 2.92. The Balaban J connectivity index is 2.96. The Hall–Kier alpha value is -1.12. The van der Waals surface area contributed by atoms with Crippen LogP contribution in [0.2, 0.25) is 0 Å². The summed E-state index contributed by atoms with van der Waals surface area (Å²) in [4.78, 5) is 0. The van der Waals surface area contributed by atoms with E-state index < -0.39 is 6.10 Å². The first kappa shape index (κ1) is 18.9. The van der Waals surface area contributed by atoms with Crippen molar-refractivity contribution in [3.05, 3.63) is 47.1 Å². The van der Waals surface area contributed by atoms with Crippen LogP contribution in [0.15, 0.2) is 47.1 Å². The van der Waals surface area contributed by atoms with Gasteiger partial charge in [0.25, 0.3) is 0 Å². The van der Waals surface area contributed by atoms with Gasteiger partial charge in [0, 0.05) is 5.92 Å². The first-order chi connectivity index (χ1) is 10.4. The van der Waals surface area contributed by atoms with E-state index in [1.165, 1.54) is 11.1 Å². The number of aliphatic hydroxyl groups excluding tert-OH is 2. The van der Waals surface area contributed by atoms with E-state index in [1.807, 2.05) is 13.0 Å². The molecule has 2 atom stereocenters. The highest BCUT2D eigenvalue weighted by atomic mass is 16.3. The minimum atomic E-state index is -0.555. The van der Waals surface area contributed by atoms with Crippen LogP contribution in [-0.4, -0.2) is 22.9 Å². The number of hydrogen-bond donors (Lipinski definition) is 2. The summed E-state index contributed by atoms with van der Waals surface area (Å²) in [5.41, 5.74) is 4.72. The molecular weight excluding hydrogens is 272 g/mol. The lowest BCUT2D eigenvalue weighted by Crippen LogP contribution is -2.20. The summed E-state index contributed by atoms with van der Waals surface area (Å²) in [6.45, 7) is 10.4. The van der Waals surface area contributed by atoms with E-state index in [0.717, 1.165) is 49.7 Å². The van der Waals surface area contributed by atoms with Crippen LogP contribution < -0.4 is 0 Å². The van der Waals surface area contributed by atoms with Gasteiger partial charge >= 0.3 is 0 Å². The Bertz CT molecular complexity index is 454. The van der Waals surface area contributed by atoms with Crippen molar-refractivity contribution in [3.63, 3.8) is 0 Å². The molecule has 22 heavy (non-hydrogen) atoms. The summed E-state index contributed by atoms with van der Waals surface area (Å²) < 4.78 is 0. The fourth-order valence-electron chi connectivity index (χ4n) is 2.92. The van der Waals surface area contributed by atoms with Gasteiger partial charge in [0.2, 0.25) is 0 Å². The topological polar surface area (TPSA) is 40.5 Å². The molecule has 0 amide bonds. The van der Waals surface area contributed by atoms with Crippen molar-refractivity contribution in [1.82, 2.24) is 0 Å². The van der Waals surface area contributed by atoms with E-state index in [2.05, 4.69) is 32.6 Å². The van der Waals surface area contributed by atoms with E-state index in [0.29, 0.717) is 0 Å². The average Bonchev–Trinajstić information content (AvgIpc) is 2.45. The molecule has 2 heteroatoms. The van der Waals surface area contributed by atoms with E-state index in [-0.39, 0.29) is 12.5 Å². The van der Waals surface area contributed by atoms with Crippen LogP contribution >= 0.6 is 0 Å². The molecule has 0 aromatic carbocycles. The van der Waals surface area contributed by atoms with E-state index in [9.17, 15) is 10.2 Å². The molecule has 1 rings (SSSR count).